The highest BCUT2D eigenvalue weighted by Crippen LogP contribution is 2.27. The molecule has 0 aliphatic carbocycles. The second-order valence-corrected chi connectivity index (χ2v) is 6.13. The number of carboxylic acid groups (broad SMARTS) is 1. The fraction of sp³-hybridized carbons (Fsp3) is 0.867. The fourth-order valence-electron chi connectivity index (χ4n) is 3.67. The number of urea groups is 1. The number of hydrogen-bond acceptors (Lipinski definition) is 3. The maximum atomic E-state index is 12.6. The van der Waals surface area contributed by atoms with Crippen molar-refractivity contribution in [3.8, 4) is 0 Å². The third kappa shape index (κ3) is 3.15. The highest BCUT2D eigenvalue weighted by molar-refractivity contribution is 5.83. The van der Waals surface area contributed by atoms with Gasteiger partial charge in [-0.05, 0) is 31.8 Å². The smallest absolute Gasteiger partial charge is 0.326 e. The Morgan fingerprint density at radius 2 is 1.86 bits per heavy atom. The van der Waals surface area contributed by atoms with Crippen LogP contribution in [0.5, 0.6) is 0 Å². The maximum Gasteiger partial charge on any atom is 0.326 e. The first kappa shape index (κ1) is 16.1. The second kappa shape index (κ2) is 6.64. The van der Waals surface area contributed by atoms with Gasteiger partial charge < -0.3 is 14.9 Å². The highest BCUT2D eigenvalue weighted by Gasteiger charge is 2.42. The molecule has 0 radical (unpaired) electrons. The molecule has 6 nitrogen and oxygen atoms in total. The van der Waals surface area contributed by atoms with E-state index in [0.29, 0.717) is 12.6 Å². The normalized spacial score (nSPS) is 29.4. The molecule has 21 heavy (non-hydrogen) atoms. The van der Waals surface area contributed by atoms with Crippen LogP contribution in [0.1, 0.15) is 33.6 Å². The molecule has 2 fully saturated rings. The summed E-state index contributed by atoms with van der Waals surface area (Å²) in [6, 6.07) is -0.348. The van der Waals surface area contributed by atoms with E-state index in [2.05, 4.69) is 18.7 Å². The molecule has 2 amide bonds. The summed E-state index contributed by atoms with van der Waals surface area (Å²) in [5.74, 6) is -0.847. The summed E-state index contributed by atoms with van der Waals surface area (Å²) in [5, 5.41) is 9.34. The van der Waals surface area contributed by atoms with Crippen molar-refractivity contribution >= 4 is 12.0 Å². The van der Waals surface area contributed by atoms with Crippen LogP contribution in [0.4, 0.5) is 4.79 Å². The number of carboxylic acids is 1. The van der Waals surface area contributed by atoms with Crippen molar-refractivity contribution in [2.45, 2.75) is 45.7 Å². The highest BCUT2D eigenvalue weighted by atomic mass is 16.4. The molecule has 2 rings (SSSR count). The van der Waals surface area contributed by atoms with Crippen LogP contribution < -0.4 is 0 Å². The minimum Gasteiger partial charge on any atom is -0.480 e. The first-order valence-corrected chi connectivity index (χ1v) is 8.01. The van der Waals surface area contributed by atoms with E-state index in [4.69, 9.17) is 0 Å². The van der Waals surface area contributed by atoms with Gasteiger partial charge in [-0.15, -0.1) is 0 Å². The predicted octanol–water partition coefficient (Wildman–Crippen LogP) is 1.32. The number of likely N-dealkylation sites (N-methyl/N-ethyl adjacent to an activating group) is 1. The number of aliphatic carboxylic acids is 1. The van der Waals surface area contributed by atoms with E-state index in [1.807, 2.05) is 11.8 Å². The minimum absolute atomic E-state index is 0.0348. The van der Waals surface area contributed by atoms with Crippen LogP contribution in [0.3, 0.4) is 0 Å². The Bertz CT molecular complexity index is 398. The zero-order valence-electron chi connectivity index (χ0n) is 13.3. The van der Waals surface area contributed by atoms with Crippen LogP contribution in [-0.2, 0) is 4.79 Å². The van der Waals surface area contributed by atoms with Crippen LogP contribution in [0.2, 0.25) is 0 Å². The number of carbonyl (C=O) groups excluding carboxylic acids is 1. The lowest BCUT2D eigenvalue weighted by atomic mass is 10.0. The molecule has 2 saturated heterocycles. The molecule has 0 aromatic carbocycles. The van der Waals surface area contributed by atoms with Gasteiger partial charge in [0.15, 0.2) is 0 Å². The quantitative estimate of drug-likeness (QED) is 0.850. The van der Waals surface area contributed by atoms with Gasteiger partial charge in [0, 0.05) is 25.7 Å². The third-order valence-electron chi connectivity index (χ3n) is 4.96. The molecule has 2 heterocycles. The van der Waals surface area contributed by atoms with E-state index >= 15 is 0 Å². The Morgan fingerprint density at radius 3 is 2.43 bits per heavy atom. The molecule has 0 saturated carbocycles. The lowest BCUT2D eigenvalue weighted by molar-refractivity contribution is -0.142. The molecule has 1 N–H and O–H groups in total. The van der Waals surface area contributed by atoms with Crippen molar-refractivity contribution in [3.63, 3.8) is 0 Å². The summed E-state index contributed by atoms with van der Waals surface area (Å²) < 4.78 is 0. The number of carbonyl (C=O) groups is 2. The van der Waals surface area contributed by atoms with Crippen LogP contribution in [0.25, 0.3) is 0 Å². The first-order valence-electron chi connectivity index (χ1n) is 8.01. The van der Waals surface area contributed by atoms with Crippen molar-refractivity contribution in [2.75, 3.05) is 32.7 Å². The summed E-state index contributed by atoms with van der Waals surface area (Å²) in [5.41, 5.74) is 0. The monoisotopic (exact) mass is 297 g/mol. The molecule has 0 bridgehead atoms. The second-order valence-electron chi connectivity index (χ2n) is 6.13. The Balaban J connectivity index is 2.00. The van der Waals surface area contributed by atoms with Crippen LogP contribution in [0, 0.1) is 5.92 Å². The average Bonchev–Trinajstić information content (AvgIpc) is 3.06. The Hall–Kier alpha value is -1.30. The summed E-state index contributed by atoms with van der Waals surface area (Å²) in [7, 11) is 0. The lowest BCUT2D eigenvalue weighted by Crippen LogP contribution is -2.49. The van der Waals surface area contributed by atoms with E-state index in [1.165, 1.54) is 0 Å². The molecule has 0 aromatic rings. The summed E-state index contributed by atoms with van der Waals surface area (Å²) in [6.07, 6.45) is 1.75. The van der Waals surface area contributed by atoms with E-state index in [1.54, 1.807) is 4.90 Å². The Labute approximate surface area is 126 Å². The zero-order valence-corrected chi connectivity index (χ0v) is 13.3. The van der Waals surface area contributed by atoms with Crippen molar-refractivity contribution < 1.29 is 14.7 Å². The number of likely N-dealkylation sites (tertiary alicyclic amines) is 2. The lowest BCUT2D eigenvalue weighted by Gasteiger charge is -2.30. The Morgan fingerprint density at radius 1 is 1.19 bits per heavy atom. The van der Waals surface area contributed by atoms with Crippen molar-refractivity contribution in [2.24, 2.45) is 5.92 Å². The number of amides is 2. The number of nitrogens with zero attached hydrogens (tertiary/aromatic N) is 3. The molecule has 3 atom stereocenters. The molecule has 0 aromatic heterocycles. The zero-order chi connectivity index (χ0) is 15.6. The van der Waals surface area contributed by atoms with Gasteiger partial charge in [-0.2, -0.15) is 0 Å². The molecular formula is C15H27N3O3. The van der Waals surface area contributed by atoms with E-state index in [-0.39, 0.29) is 11.9 Å². The fourth-order valence-corrected chi connectivity index (χ4v) is 3.67. The van der Waals surface area contributed by atoms with Gasteiger partial charge in [0.2, 0.25) is 0 Å². The molecule has 2 aliphatic heterocycles. The van der Waals surface area contributed by atoms with Gasteiger partial charge in [0.05, 0.1) is 0 Å². The summed E-state index contributed by atoms with van der Waals surface area (Å²) in [4.78, 5) is 29.8. The topological polar surface area (TPSA) is 64.1 Å². The van der Waals surface area contributed by atoms with Crippen molar-refractivity contribution in [3.05, 3.63) is 0 Å². The third-order valence-corrected chi connectivity index (χ3v) is 4.96. The first-order chi connectivity index (χ1) is 9.99. The SMILES string of the molecule is CCN(CC)C1CCN(C(=O)N2CCC(C)C2C(=O)O)C1. The van der Waals surface area contributed by atoms with Gasteiger partial charge in [0.1, 0.15) is 6.04 Å². The van der Waals surface area contributed by atoms with Crippen molar-refractivity contribution in [1.82, 2.24) is 14.7 Å². The standard InChI is InChI=1S/C15H27N3O3/c1-4-16(5-2)12-7-8-17(10-12)15(21)18-9-6-11(3)13(18)14(19)20/h11-13H,4-10H2,1-3H3,(H,19,20). The number of rotatable bonds is 4. The van der Waals surface area contributed by atoms with Gasteiger partial charge in [-0.1, -0.05) is 20.8 Å². The Kier molecular flexibility index (Phi) is 5.08. The van der Waals surface area contributed by atoms with Crippen LogP contribution in [-0.4, -0.2) is 76.6 Å². The predicted molar refractivity (Wildman–Crippen MR) is 80.2 cm³/mol. The van der Waals surface area contributed by atoms with Gasteiger partial charge in [-0.25, -0.2) is 9.59 Å². The largest absolute Gasteiger partial charge is 0.480 e. The van der Waals surface area contributed by atoms with E-state index in [9.17, 15) is 14.7 Å². The molecule has 0 spiro atoms. The number of hydrogen-bond donors (Lipinski definition) is 1. The molecule has 2 aliphatic rings. The van der Waals surface area contributed by atoms with Gasteiger partial charge in [-0.3, -0.25) is 4.90 Å². The van der Waals surface area contributed by atoms with Crippen molar-refractivity contribution in [1.29, 1.82) is 0 Å². The molecule has 120 valence electrons. The average molecular weight is 297 g/mol. The summed E-state index contributed by atoms with van der Waals surface area (Å²) in [6.45, 7) is 10.2. The molecular weight excluding hydrogens is 270 g/mol. The van der Waals surface area contributed by atoms with Gasteiger partial charge in [0.25, 0.3) is 0 Å². The molecule has 6 heteroatoms. The maximum absolute atomic E-state index is 12.6. The molecule has 3 unspecified atom stereocenters. The van der Waals surface area contributed by atoms with Crippen LogP contribution >= 0.6 is 0 Å². The van der Waals surface area contributed by atoms with E-state index in [0.717, 1.165) is 39.0 Å². The summed E-state index contributed by atoms with van der Waals surface area (Å²) >= 11 is 0. The van der Waals surface area contributed by atoms with E-state index < -0.39 is 12.0 Å². The van der Waals surface area contributed by atoms with Crippen LogP contribution in [0.15, 0.2) is 0 Å². The van der Waals surface area contributed by atoms with Gasteiger partial charge >= 0.3 is 12.0 Å². The minimum atomic E-state index is -0.882.